The van der Waals surface area contributed by atoms with Crippen LogP contribution in [0.1, 0.15) is 12.5 Å². The Bertz CT molecular complexity index is 408. The van der Waals surface area contributed by atoms with Gasteiger partial charge in [-0.2, -0.15) is 5.26 Å². The van der Waals surface area contributed by atoms with Gasteiger partial charge in [0.25, 0.3) is 0 Å². The molecule has 17 heavy (non-hydrogen) atoms. The van der Waals surface area contributed by atoms with E-state index in [0.717, 1.165) is 0 Å². The molecular weight excluding hydrogens is 222 g/mol. The van der Waals surface area contributed by atoms with Crippen molar-refractivity contribution in [3.8, 4) is 11.8 Å². The van der Waals surface area contributed by atoms with Crippen LogP contribution in [-0.4, -0.2) is 30.4 Å². The van der Waals surface area contributed by atoms with Crippen LogP contribution < -0.4 is 4.74 Å². The summed E-state index contributed by atoms with van der Waals surface area (Å²) in [5.74, 6) is -0.228. The molecule has 0 saturated carbocycles. The topological polar surface area (TPSA) is 79.6 Å². The van der Waals surface area contributed by atoms with Gasteiger partial charge in [0.05, 0.1) is 18.2 Å². The number of carbonyl (C=O) groups excluding carboxylic acids is 1. The highest BCUT2D eigenvalue weighted by molar-refractivity contribution is 5.74. The standard InChI is InChI=1S/C12H13NO4/c1-2-16-12(15)11(14)8-17-10-5-3-9(7-13)4-6-10/h3-6,11,14H,2,8H2,1H3. The molecular formula is C12H13NO4. The number of aliphatic hydroxyl groups excluding tert-OH is 1. The smallest absolute Gasteiger partial charge is 0.338 e. The minimum Gasteiger partial charge on any atom is -0.490 e. The van der Waals surface area contributed by atoms with Gasteiger partial charge in [0.15, 0.2) is 6.10 Å². The predicted molar refractivity (Wildman–Crippen MR) is 59.3 cm³/mol. The maximum atomic E-state index is 11.1. The van der Waals surface area contributed by atoms with E-state index in [-0.39, 0.29) is 13.2 Å². The molecule has 0 spiro atoms. The molecule has 5 nitrogen and oxygen atoms in total. The fraction of sp³-hybridized carbons (Fsp3) is 0.333. The van der Waals surface area contributed by atoms with Gasteiger partial charge in [-0.25, -0.2) is 4.79 Å². The monoisotopic (exact) mass is 235 g/mol. The number of benzene rings is 1. The van der Waals surface area contributed by atoms with E-state index >= 15 is 0 Å². The van der Waals surface area contributed by atoms with Crippen molar-refractivity contribution in [2.75, 3.05) is 13.2 Å². The van der Waals surface area contributed by atoms with Gasteiger partial charge < -0.3 is 14.6 Å². The van der Waals surface area contributed by atoms with Crippen molar-refractivity contribution in [3.63, 3.8) is 0 Å². The average Bonchev–Trinajstić information content (AvgIpc) is 2.36. The minimum absolute atomic E-state index is 0.176. The Morgan fingerprint density at radius 2 is 2.12 bits per heavy atom. The molecule has 0 amide bonds. The average molecular weight is 235 g/mol. The highest BCUT2D eigenvalue weighted by Gasteiger charge is 2.16. The Morgan fingerprint density at radius 1 is 1.47 bits per heavy atom. The lowest BCUT2D eigenvalue weighted by atomic mass is 10.2. The lowest BCUT2D eigenvalue weighted by Gasteiger charge is -2.11. The molecule has 1 aromatic carbocycles. The highest BCUT2D eigenvalue weighted by Crippen LogP contribution is 2.11. The summed E-state index contributed by atoms with van der Waals surface area (Å²) in [4.78, 5) is 11.1. The predicted octanol–water partition coefficient (Wildman–Crippen LogP) is 0.861. The van der Waals surface area contributed by atoms with E-state index < -0.39 is 12.1 Å². The molecule has 0 aliphatic carbocycles. The number of rotatable bonds is 5. The molecule has 1 unspecified atom stereocenters. The summed E-state index contributed by atoms with van der Waals surface area (Å²) in [6, 6.07) is 8.34. The third-order valence-corrected chi connectivity index (χ3v) is 1.95. The SMILES string of the molecule is CCOC(=O)C(O)COc1ccc(C#N)cc1. The summed E-state index contributed by atoms with van der Waals surface area (Å²) in [5.41, 5.74) is 0.517. The molecule has 0 aliphatic heterocycles. The summed E-state index contributed by atoms with van der Waals surface area (Å²) >= 11 is 0. The molecule has 1 rings (SSSR count). The van der Waals surface area contributed by atoms with Crippen molar-refractivity contribution in [2.24, 2.45) is 0 Å². The largest absolute Gasteiger partial charge is 0.490 e. The number of esters is 1. The maximum absolute atomic E-state index is 11.1. The number of nitrogens with zero attached hydrogens (tertiary/aromatic N) is 1. The number of carbonyl (C=O) groups is 1. The molecule has 1 N–H and O–H groups in total. The molecule has 1 aromatic rings. The Kier molecular flexibility index (Phi) is 4.98. The highest BCUT2D eigenvalue weighted by atomic mass is 16.6. The summed E-state index contributed by atoms with van der Waals surface area (Å²) < 4.78 is 9.79. The zero-order valence-electron chi connectivity index (χ0n) is 9.42. The van der Waals surface area contributed by atoms with Crippen molar-refractivity contribution in [2.45, 2.75) is 13.0 Å². The molecule has 5 heteroatoms. The van der Waals surface area contributed by atoms with Crippen molar-refractivity contribution < 1.29 is 19.4 Å². The summed E-state index contributed by atoms with van der Waals surface area (Å²) in [5, 5.41) is 17.9. The van der Waals surface area contributed by atoms with Gasteiger partial charge >= 0.3 is 5.97 Å². The third-order valence-electron chi connectivity index (χ3n) is 1.95. The van der Waals surface area contributed by atoms with Gasteiger partial charge in [-0.05, 0) is 31.2 Å². The normalized spacial score (nSPS) is 11.4. The Morgan fingerprint density at radius 3 is 2.65 bits per heavy atom. The second-order valence-corrected chi connectivity index (χ2v) is 3.22. The molecule has 0 heterocycles. The summed E-state index contributed by atoms with van der Waals surface area (Å²) in [6.07, 6.45) is -1.30. The number of ether oxygens (including phenoxy) is 2. The Hall–Kier alpha value is -2.06. The molecule has 0 radical (unpaired) electrons. The zero-order valence-corrected chi connectivity index (χ0v) is 9.42. The van der Waals surface area contributed by atoms with Crippen LogP contribution in [0.25, 0.3) is 0 Å². The zero-order chi connectivity index (χ0) is 12.7. The van der Waals surface area contributed by atoms with E-state index in [1.807, 2.05) is 6.07 Å². The lowest BCUT2D eigenvalue weighted by molar-refractivity contribution is -0.154. The van der Waals surface area contributed by atoms with Crippen LogP contribution in [0.3, 0.4) is 0 Å². The van der Waals surface area contributed by atoms with Crippen molar-refractivity contribution >= 4 is 5.97 Å². The van der Waals surface area contributed by atoms with E-state index in [1.165, 1.54) is 0 Å². The van der Waals surface area contributed by atoms with Gasteiger partial charge in [-0.15, -0.1) is 0 Å². The number of hydrogen-bond donors (Lipinski definition) is 1. The van der Waals surface area contributed by atoms with Crippen LogP contribution in [0.2, 0.25) is 0 Å². The first-order chi connectivity index (χ1) is 8.17. The van der Waals surface area contributed by atoms with E-state index in [4.69, 9.17) is 10.00 Å². The fourth-order valence-corrected chi connectivity index (χ4v) is 1.11. The van der Waals surface area contributed by atoms with Gasteiger partial charge in [0.2, 0.25) is 0 Å². The van der Waals surface area contributed by atoms with Crippen molar-refractivity contribution in [1.82, 2.24) is 0 Å². The molecule has 0 bridgehead atoms. The Balaban J connectivity index is 2.44. The van der Waals surface area contributed by atoms with Crippen LogP contribution in [-0.2, 0) is 9.53 Å². The summed E-state index contributed by atoms with van der Waals surface area (Å²) in [7, 11) is 0. The van der Waals surface area contributed by atoms with Gasteiger partial charge in [-0.1, -0.05) is 0 Å². The number of hydrogen-bond acceptors (Lipinski definition) is 5. The van der Waals surface area contributed by atoms with E-state index in [2.05, 4.69) is 4.74 Å². The number of aliphatic hydroxyl groups is 1. The molecule has 90 valence electrons. The number of nitriles is 1. The van der Waals surface area contributed by atoms with Crippen LogP contribution >= 0.6 is 0 Å². The molecule has 0 aliphatic rings. The first kappa shape index (κ1) is 13.0. The summed E-state index contributed by atoms with van der Waals surface area (Å²) in [6.45, 7) is 1.70. The Labute approximate surface area is 99.2 Å². The molecule has 0 aromatic heterocycles. The first-order valence-corrected chi connectivity index (χ1v) is 5.15. The van der Waals surface area contributed by atoms with Crippen molar-refractivity contribution in [1.29, 1.82) is 5.26 Å². The van der Waals surface area contributed by atoms with Crippen molar-refractivity contribution in [3.05, 3.63) is 29.8 Å². The lowest BCUT2D eigenvalue weighted by Crippen LogP contribution is -2.29. The van der Waals surface area contributed by atoms with Crippen LogP contribution in [0.15, 0.2) is 24.3 Å². The molecule has 1 atom stereocenters. The maximum Gasteiger partial charge on any atom is 0.338 e. The first-order valence-electron chi connectivity index (χ1n) is 5.15. The van der Waals surface area contributed by atoms with Crippen LogP contribution in [0.5, 0.6) is 5.75 Å². The second kappa shape index (κ2) is 6.51. The van der Waals surface area contributed by atoms with Gasteiger partial charge in [-0.3, -0.25) is 0 Å². The van der Waals surface area contributed by atoms with Gasteiger partial charge in [0, 0.05) is 0 Å². The quantitative estimate of drug-likeness (QED) is 0.766. The molecule has 0 fully saturated rings. The molecule has 0 saturated heterocycles. The van der Waals surface area contributed by atoms with Crippen LogP contribution in [0, 0.1) is 11.3 Å². The van der Waals surface area contributed by atoms with E-state index in [0.29, 0.717) is 11.3 Å². The van der Waals surface area contributed by atoms with Gasteiger partial charge in [0.1, 0.15) is 12.4 Å². The van der Waals surface area contributed by atoms with E-state index in [9.17, 15) is 9.90 Å². The third kappa shape index (κ3) is 4.13. The van der Waals surface area contributed by atoms with E-state index in [1.54, 1.807) is 31.2 Å². The van der Waals surface area contributed by atoms with Crippen LogP contribution in [0.4, 0.5) is 0 Å². The fourth-order valence-electron chi connectivity index (χ4n) is 1.11. The second-order valence-electron chi connectivity index (χ2n) is 3.22. The minimum atomic E-state index is -1.30.